The van der Waals surface area contributed by atoms with Crippen molar-refractivity contribution in [3.63, 3.8) is 0 Å². The molecule has 2 atom stereocenters. The number of rotatable bonds is 3. The van der Waals surface area contributed by atoms with Crippen LogP contribution in [0.1, 0.15) is 47.5 Å². The maximum Gasteiger partial charge on any atom is 0.160 e. The average molecular weight is 321 g/mol. The zero-order valence-corrected chi connectivity index (χ0v) is 14.0. The highest BCUT2D eigenvalue weighted by Gasteiger charge is 2.22. The van der Waals surface area contributed by atoms with Gasteiger partial charge in [-0.25, -0.2) is 15.0 Å². The number of alkyl halides is 1. The molecule has 0 saturated heterocycles. The fraction of sp³-hybridized carbons (Fsp3) is 0.400. The second-order valence-electron chi connectivity index (χ2n) is 5.25. The van der Waals surface area contributed by atoms with Crippen molar-refractivity contribution >= 4 is 34.1 Å². The van der Waals surface area contributed by atoms with E-state index in [2.05, 4.69) is 31.8 Å². The fourth-order valence-corrected chi connectivity index (χ4v) is 3.42. The number of hydrogen-bond acceptors (Lipinski definition) is 4. The van der Waals surface area contributed by atoms with Crippen molar-refractivity contribution in [2.24, 2.45) is 0 Å². The Bertz CT molecular complexity index is 790. The quantitative estimate of drug-likeness (QED) is 0.671. The van der Waals surface area contributed by atoms with Gasteiger partial charge in [0.1, 0.15) is 16.3 Å². The minimum absolute atomic E-state index is 0.0687. The van der Waals surface area contributed by atoms with Gasteiger partial charge < -0.3 is 4.57 Å². The number of hydrogen-bond donors (Lipinski definition) is 0. The molecule has 0 aliphatic heterocycles. The van der Waals surface area contributed by atoms with Crippen LogP contribution in [0.5, 0.6) is 0 Å². The van der Waals surface area contributed by atoms with E-state index in [0.717, 1.165) is 33.4 Å². The Hall–Kier alpha value is -1.46. The monoisotopic (exact) mass is 320 g/mol. The Morgan fingerprint density at radius 3 is 2.48 bits per heavy atom. The van der Waals surface area contributed by atoms with Crippen LogP contribution in [0.3, 0.4) is 0 Å². The summed E-state index contributed by atoms with van der Waals surface area (Å²) in [4.78, 5) is 13.9. The van der Waals surface area contributed by atoms with Crippen molar-refractivity contribution < 1.29 is 0 Å². The highest BCUT2D eigenvalue weighted by atomic mass is 35.5. The van der Waals surface area contributed by atoms with Gasteiger partial charge in [0.2, 0.25) is 0 Å². The summed E-state index contributed by atoms with van der Waals surface area (Å²) in [5.74, 6) is 0.838. The lowest BCUT2D eigenvalue weighted by Gasteiger charge is -2.16. The van der Waals surface area contributed by atoms with Crippen LogP contribution in [0, 0.1) is 13.8 Å². The number of halogens is 1. The van der Waals surface area contributed by atoms with E-state index in [-0.39, 0.29) is 11.4 Å². The van der Waals surface area contributed by atoms with Gasteiger partial charge in [-0.2, -0.15) is 0 Å². The minimum atomic E-state index is -0.178. The highest BCUT2D eigenvalue weighted by molar-refractivity contribution is 7.09. The average Bonchev–Trinajstić information content (AvgIpc) is 3.01. The lowest BCUT2D eigenvalue weighted by molar-refractivity contribution is 0.609. The van der Waals surface area contributed by atoms with E-state index in [1.807, 2.05) is 32.9 Å². The van der Waals surface area contributed by atoms with Gasteiger partial charge >= 0.3 is 0 Å². The van der Waals surface area contributed by atoms with Crippen LogP contribution in [0.15, 0.2) is 17.5 Å². The van der Waals surface area contributed by atoms with Gasteiger partial charge in [0, 0.05) is 16.8 Å². The second kappa shape index (κ2) is 5.39. The van der Waals surface area contributed by atoms with E-state index in [9.17, 15) is 0 Å². The number of pyridine rings is 1. The first kappa shape index (κ1) is 14.5. The number of aryl methyl sites for hydroxylation is 2. The van der Waals surface area contributed by atoms with E-state index >= 15 is 0 Å². The van der Waals surface area contributed by atoms with E-state index in [1.165, 1.54) is 0 Å². The van der Waals surface area contributed by atoms with Crippen LogP contribution in [-0.4, -0.2) is 19.5 Å². The Morgan fingerprint density at radius 2 is 1.86 bits per heavy atom. The number of aromatic nitrogens is 4. The molecule has 3 heterocycles. The Balaban J connectivity index is 2.23. The molecule has 3 aromatic rings. The highest BCUT2D eigenvalue weighted by Crippen LogP contribution is 2.31. The van der Waals surface area contributed by atoms with E-state index < -0.39 is 0 Å². The van der Waals surface area contributed by atoms with Gasteiger partial charge in [-0.1, -0.05) is 0 Å². The molecule has 0 amide bonds. The minimum Gasteiger partial charge on any atom is -0.302 e. The maximum atomic E-state index is 6.33. The van der Waals surface area contributed by atoms with Crippen molar-refractivity contribution in [2.75, 3.05) is 0 Å². The number of nitrogens with zero attached hydrogens (tertiary/aromatic N) is 4. The van der Waals surface area contributed by atoms with E-state index in [0.29, 0.717) is 0 Å². The molecule has 0 aromatic carbocycles. The fourth-order valence-electron chi connectivity index (χ4n) is 2.42. The Labute approximate surface area is 132 Å². The van der Waals surface area contributed by atoms with Crippen LogP contribution in [0.25, 0.3) is 11.2 Å². The zero-order valence-electron chi connectivity index (χ0n) is 12.5. The molecule has 3 rings (SSSR count). The summed E-state index contributed by atoms with van der Waals surface area (Å²) in [6.07, 6.45) is 0. The third-order valence-electron chi connectivity index (χ3n) is 3.44. The predicted molar refractivity (Wildman–Crippen MR) is 87.2 cm³/mol. The summed E-state index contributed by atoms with van der Waals surface area (Å²) in [6, 6.07) is 4.04. The van der Waals surface area contributed by atoms with Crippen LogP contribution in [-0.2, 0) is 0 Å². The third kappa shape index (κ3) is 2.56. The Morgan fingerprint density at radius 1 is 1.10 bits per heavy atom. The maximum absolute atomic E-state index is 6.33. The molecule has 3 aromatic heterocycles. The van der Waals surface area contributed by atoms with Crippen LogP contribution in [0.4, 0.5) is 0 Å². The molecule has 0 bridgehead atoms. The molecule has 0 N–H and O–H groups in total. The van der Waals surface area contributed by atoms with Crippen molar-refractivity contribution in [3.05, 3.63) is 39.7 Å². The summed E-state index contributed by atoms with van der Waals surface area (Å²) >= 11 is 7.99. The zero-order chi connectivity index (χ0) is 15.1. The standard InChI is InChI=1S/C15H17ClN4S/c1-8-5-6-12-14(17-8)20(13(19-12)10(3)16)11(4)15-18-9(2)7-21-15/h5-7,10-11H,1-4H3. The summed E-state index contributed by atoms with van der Waals surface area (Å²) in [5, 5.41) is 2.93. The molecule has 6 heteroatoms. The van der Waals surface area contributed by atoms with Gasteiger partial charge in [-0.15, -0.1) is 22.9 Å². The predicted octanol–water partition coefficient (Wildman–Crippen LogP) is 4.41. The molecular formula is C15H17ClN4S. The molecule has 0 spiro atoms. The summed E-state index contributed by atoms with van der Waals surface area (Å²) < 4.78 is 2.11. The van der Waals surface area contributed by atoms with E-state index in [1.54, 1.807) is 11.3 Å². The second-order valence-corrected chi connectivity index (χ2v) is 6.80. The van der Waals surface area contributed by atoms with Crippen LogP contribution in [0.2, 0.25) is 0 Å². The Kier molecular flexibility index (Phi) is 3.71. The molecule has 2 unspecified atom stereocenters. The van der Waals surface area contributed by atoms with Crippen molar-refractivity contribution in [3.8, 4) is 0 Å². The van der Waals surface area contributed by atoms with Gasteiger partial charge in [0.25, 0.3) is 0 Å². The van der Waals surface area contributed by atoms with E-state index in [4.69, 9.17) is 11.6 Å². The first-order valence-corrected chi connectivity index (χ1v) is 8.20. The van der Waals surface area contributed by atoms with Gasteiger partial charge in [0.05, 0.1) is 11.4 Å². The topological polar surface area (TPSA) is 43.6 Å². The molecule has 0 aliphatic carbocycles. The SMILES string of the molecule is Cc1csc(C(C)n2c(C(C)Cl)nc3ccc(C)nc32)n1. The van der Waals surface area contributed by atoms with Crippen LogP contribution < -0.4 is 0 Å². The number of fused-ring (bicyclic) bond motifs is 1. The van der Waals surface area contributed by atoms with Gasteiger partial charge in [-0.05, 0) is 39.8 Å². The third-order valence-corrected chi connectivity index (χ3v) is 4.77. The molecule has 0 radical (unpaired) electrons. The lowest BCUT2D eigenvalue weighted by Crippen LogP contribution is -2.12. The lowest BCUT2D eigenvalue weighted by atomic mass is 10.3. The summed E-state index contributed by atoms with van der Waals surface area (Å²) in [6.45, 7) is 8.04. The van der Waals surface area contributed by atoms with Crippen molar-refractivity contribution in [1.29, 1.82) is 0 Å². The molecule has 0 fully saturated rings. The molecule has 0 aliphatic rings. The molecule has 21 heavy (non-hydrogen) atoms. The largest absolute Gasteiger partial charge is 0.302 e. The molecule has 4 nitrogen and oxygen atoms in total. The number of imidazole rings is 1. The van der Waals surface area contributed by atoms with Crippen molar-refractivity contribution in [2.45, 2.75) is 39.1 Å². The molecular weight excluding hydrogens is 304 g/mol. The van der Waals surface area contributed by atoms with Gasteiger partial charge in [0.15, 0.2) is 5.65 Å². The number of thiazole rings is 1. The normalized spacial score (nSPS) is 14.5. The molecule has 0 saturated carbocycles. The van der Waals surface area contributed by atoms with Gasteiger partial charge in [-0.3, -0.25) is 0 Å². The first-order valence-electron chi connectivity index (χ1n) is 6.89. The summed E-state index contributed by atoms with van der Waals surface area (Å²) in [7, 11) is 0. The summed E-state index contributed by atoms with van der Waals surface area (Å²) in [5.41, 5.74) is 3.76. The molecule has 110 valence electrons. The smallest absolute Gasteiger partial charge is 0.160 e. The van der Waals surface area contributed by atoms with Crippen molar-refractivity contribution in [1.82, 2.24) is 19.5 Å². The first-order chi connectivity index (χ1) is 9.97. The van der Waals surface area contributed by atoms with Crippen LogP contribution >= 0.6 is 22.9 Å².